The van der Waals surface area contributed by atoms with Gasteiger partial charge in [0, 0.05) is 11.9 Å². The van der Waals surface area contributed by atoms with Gasteiger partial charge in [0.1, 0.15) is 0 Å². The monoisotopic (exact) mass is 220 g/mol. The van der Waals surface area contributed by atoms with Crippen molar-refractivity contribution in [3.05, 3.63) is 0 Å². The highest BCUT2D eigenvalue weighted by atomic mass is 79.9. The van der Waals surface area contributed by atoms with Crippen LogP contribution in [0.15, 0.2) is 0 Å². The standard InChI is InChI=1S/C9H17BrO/c1-3-9(10)8(6-11-2)7-4-5-7/h7-9H,3-6H2,1-2H3. The van der Waals surface area contributed by atoms with E-state index in [9.17, 15) is 0 Å². The predicted molar refractivity (Wildman–Crippen MR) is 51.1 cm³/mol. The van der Waals surface area contributed by atoms with E-state index in [0.29, 0.717) is 4.83 Å². The lowest BCUT2D eigenvalue weighted by atomic mass is 9.99. The van der Waals surface area contributed by atoms with Gasteiger partial charge in [-0.05, 0) is 31.1 Å². The van der Waals surface area contributed by atoms with E-state index in [4.69, 9.17) is 4.74 Å². The lowest BCUT2D eigenvalue weighted by molar-refractivity contribution is 0.140. The Labute approximate surface area is 77.6 Å². The Morgan fingerprint density at radius 2 is 2.18 bits per heavy atom. The zero-order valence-corrected chi connectivity index (χ0v) is 8.93. The summed E-state index contributed by atoms with van der Waals surface area (Å²) in [6.07, 6.45) is 4.04. The molecule has 0 spiro atoms. The van der Waals surface area contributed by atoms with Gasteiger partial charge in [0.05, 0.1) is 6.61 Å². The van der Waals surface area contributed by atoms with Gasteiger partial charge in [-0.15, -0.1) is 0 Å². The minimum absolute atomic E-state index is 0.662. The zero-order chi connectivity index (χ0) is 8.27. The first-order valence-electron chi connectivity index (χ1n) is 4.42. The number of halogens is 1. The third-order valence-corrected chi connectivity index (χ3v) is 3.77. The third-order valence-electron chi connectivity index (χ3n) is 2.44. The second kappa shape index (κ2) is 4.46. The van der Waals surface area contributed by atoms with Crippen molar-refractivity contribution in [3.8, 4) is 0 Å². The summed E-state index contributed by atoms with van der Waals surface area (Å²) in [4.78, 5) is 0.662. The fourth-order valence-electron chi connectivity index (χ4n) is 1.56. The number of hydrogen-bond donors (Lipinski definition) is 0. The van der Waals surface area contributed by atoms with Crippen LogP contribution in [-0.2, 0) is 4.74 Å². The van der Waals surface area contributed by atoms with Crippen LogP contribution in [0.5, 0.6) is 0 Å². The SMILES string of the molecule is CCC(Br)C(COC)C1CC1. The van der Waals surface area contributed by atoms with E-state index in [1.165, 1.54) is 19.3 Å². The van der Waals surface area contributed by atoms with Crippen molar-refractivity contribution in [1.82, 2.24) is 0 Å². The summed E-state index contributed by atoms with van der Waals surface area (Å²) < 4.78 is 5.20. The molecule has 1 aliphatic rings. The van der Waals surface area contributed by atoms with Crippen LogP contribution in [0.2, 0.25) is 0 Å². The lowest BCUT2D eigenvalue weighted by Crippen LogP contribution is -2.21. The molecule has 0 bridgehead atoms. The maximum Gasteiger partial charge on any atom is 0.0503 e. The molecule has 1 nitrogen and oxygen atoms in total. The van der Waals surface area contributed by atoms with E-state index < -0.39 is 0 Å². The molecule has 11 heavy (non-hydrogen) atoms. The predicted octanol–water partition coefficient (Wildman–Crippen LogP) is 2.83. The molecule has 66 valence electrons. The van der Waals surface area contributed by atoms with Gasteiger partial charge in [0.2, 0.25) is 0 Å². The number of alkyl halides is 1. The maximum absolute atomic E-state index is 5.20. The van der Waals surface area contributed by atoms with Crippen molar-refractivity contribution in [2.24, 2.45) is 11.8 Å². The van der Waals surface area contributed by atoms with E-state index in [1.54, 1.807) is 7.11 Å². The second-order valence-corrected chi connectivity index (χ2v) is 4.56. The quantitative estimate of drug-likeness (QED) is 0.648. The molecule has 0 aromatic rings. The van der Waals surface area contributed by atoms with Crippen LogP contribution in [0.1, 0.15) is 26.2 Å². The number of rotatable bonds is 5. The minimum Gasteiger partial charge on any atom is -0.384 e. The summed E-state index contributed by atoms with van der Waals surface area (Å²) in [6.45, 7) is 3.15. The molecule has 0 amide bonds. The van der Waals surface area contributed by atoms with Crippen molar-refractivity contribution in [2.45, 2.75) is 31.0 Å². The van der Waals surface area contributed by atoms with Crippen LogP contribution in [0.3, 0.4) is 0 Å². The Morgan fingerprint density at radius 1 is 1.55 bits per heavy atom. The smallest absolute Gasteiger partial charge is 0.0503 e. The van der Waals surface area contributed by atoms with Crippen LogP contribution in [0.25, 0.3) is 0 Å². The van der Waals surface area contributed by atoms with Crippen LogP contribution in [0.4, 0.5) is 0 Å². The molecule has 0 radical (unpaired) electrons. The average molecular weight is 221 g/mol. The Morgan fingerprint density at radius 3 is 2.55 bits per heavy atom. The van der Waals surface area contributed by atoms with Crippen LogP contribution in [0, 0.1) is 11.8 Å². The van der Waals surface area contributed by atoms with E-state index in [-0.39, 0.29) is 0 Å². The van der Waals surface area contributed by atoms with Crippen molar-refractivity contribution < 1.29 is 4.74 Å². The van der Waals surface area contributed by atoms with Gasteiger partial charge < -0.3 is 4.74 Å². The fraction of sp³-hybridized carbons (Fsp3) is 1.00. The molecular formula is C9H17BrO. The Balaban J connectivity index is 2.30. The number of ether oxygens (including phenoxy) is 1. The molecule has 0 aromatic carbocycles. The first-order valence-corrected chi connectivity index (χ1v) is 5.34. The van der Waals surface area contributed by atoms with Gasteiger partial charge in [-0.3, -0.25) is 0 Å². The van der Waals surface area contributed by atoms with Gasteiger partial charge >= 0.3 is 0 Å². The lowest BCUT2D eigenvalue weighted by Gasteiger charge is -2.19. The summed E-state index contributed by atoms with van der Waals surface area (Å²) in [5.74, 6) is 1.70. The first kappa shape index (κ1) is 9.53. The molecule has 1 aliphatic carbocycles. The molecule has 2 unspecified atom stereocenters. The molecule has 1 fully saturated rings. The third kappa shape index (κ3) is 2.75. The summed E-state index contributed by atoms with van der Waals surface area (Å²) in [7, 11) is 1.80. The van der Waals surface area contributed by atoms with Crippen molar-refractivity contribution >= 4 is 15.9 Å². The van der Waals surface area contributed by atoms with Crippen molar-refractivity contribution in [1.29, 1.82) is 0 Å². The second-order valence-electron chi connectivity index (χ2n) is 3.38. The first-order chi connectivity index (χ1) is 5.29. The largest absolute Gasteiger partial charge is 0.384 e. The van der Waals surface area contributed by atoms with E-state index in [2.05, 4.69) is 22.9 Å². The Kier molecular flexibility index (Phi) is 3.86. The molecule has 0 aliphatic heterocycles. The van der Waals surface area contributed by atoms with E-state index >= 15 is 0 Å². The van der Waals surface area contributed by atoms with Gasteiger partial charge in [-0.25, -0.2) is 0 Å². The van der Waals surface area contributed by atoms with Gasteiger partial charge in [0.25, 0.3) is 0 Å². The molecule has 1 rings (SSSR count). The molecule has 2 atom stereocenters. The average Bonchev–Trinajstić information content (AvgIpc) is 2.81. The molecular weight excluding hydrogens is 204 g/mol. The summed E-state index contributed by atoms with van der Waals surface area (Å²) >= 11 is 3.70. The highest BCUT2D eigenvalue weighted by Crippen LogP contribution is 2.41. The highest BCUT2D eigenvalue weighted by molar-refractivity contribution is 9.09. The van der Waals surface area contributed by atoms with Crippen LogP contribution in [-0.4, -0.2) is 18.5 Å². The summed E-state index contributed by atoms with van der Waals surface area (Å²) in [6, 6.07) is 0. The number of methoxy groups -OCH3 is 1. The highest BCUT2D eigenvalue weighted by Gasteiger charge is 2.34. The molecule has 2 heteroatoms. The molecule has 1 saturated carbocycles. The minimum atomic E-state index is 0.662. The molecule has 0 saturated heterocycles. The van der Waals surface area contributed by atoms with E-state index in [1.807, 2.05) is 0 Å². The van der Waals surface area contributed by atoms with Crippen LogP contribution >= 0.6 is 15.9 Å². The van der Waals surface area contributed by atoms with Crippen molar-refractivity contribution in [3.63, 3.8) is 0 Å². The fourth-order valence-corrected chi connectivity index (χ4v) is 2.14. The van der Waals surface area contributed by atoms with Gasteiger partial charge in [0.15, 0.2) is 0 Å². The Bertz CT molecular complexity index is 112. The van der Waals surface area contributed by atoms with Crippen LogP contribution < -0.4 is 0 Å². The molecule has 0 aromatic heterocycles. The number of hydrogen-bond acceptors (Lipinski definition) is 1. The normalized spacial score (nSPS) is 23.2. The summed E-state index contributed by atoms with van der Waals surface area (Å²) in [5, 5.41) is 0. The maximum atomic E-state index is 5.20. The van der Waals surface area contributed by atoms with E-state index in [0.717, 1.165) is 18.4 Å². The Hall–Kier alpha value is 0.440. The molecule has 0 heterocycles. The summed E-state index contributed by atoms with van der Waals surface area (Å²) in [5.41, 5.74) is 0. The zero-order valence-electron chi connectivity index (χ0n) is 7.35. The van der Waals surface area contributed by atoms with Gasteiger partial charge in [-0.1, -0.05) is 22.9 Å². The van der Waals surface area contributed by atoms with Crippen molar-refractivity contribution in [2.75, 3.05) is 13.7 Å². The topological polar surface area (TPSA) is 9.23 Å². The van der Waals surface area contributed by atoms with Gasteiger partial charge in [-0.2, -0.15) is 0 Å². The molecule has 0 N–H and O–H groups in total.